The van der Waals surface area contributed by atoms with Gasteiger partial charge in [0.05, 0.1) is 19.0 Å². The Hall–Kier alpha value is -1.41. The van der Waals surface area contributed by atoms with Crippen LogP contribution in [0.3, 0.4) is 0 Å². The van der Waals surface area contributed by atoms with Gasteiger partial charge in [-0.2, -0.15) is 13.2 Å². The molecule has 100 valence electrons. The number of halogens is 4. The summed E-state index contributed by atoms with van der Waals surface area (Å²) in [5.41, 5.74) is -0.267. The van der Waals surface area contributed by atoms with Crippen LogP contribution in [0.1, 0.15) is 10.5 Å². The van der Waals surface area contributed by atoms with Crippen molar-refractivity contribution in [1.29, 1.82) is 0 Å². The third-order valence-corrected chi connectivity index (χ3v) is 2.06. The summed E-state index contributed by atoms with van der Waals surface area (Å²) in [5, 5.41) is 8.68. The molecule has 0 unspecified atom stereocenters. The van der Waals surface area contributed by atoms with E-state index in [1.807, 2.05) is 0 Å². The standard InChI is InChI=1S/C9H9ClF3N3O2/c10-7-4-14-6(3-15-7)8(18)16(1-2-17)5-9(11,12)13/h3-4,17H,1-2,5H2. The fraction of sp³-hybridized carbons (Fsp3) is 0.444. The van der Waals surface area contributed by atoms with Crippen molar-refractivity contribution in [3.63, 3.8) is 0 Å². The molecule has 1 rings (SSSR count). The molecule has 0 saturated heterocycles. The fourth-order valence-corrected chi connectivity index (χ4v) is 1.27. The Morgan fingerprint density at radius 2 is 2.06 bits per heavy atom. The van der Waals surface area contributed by atoms with Gasteiger partial charge in [0.2, 0.25) is 0 Å². The highest BCUT2D eigenvalue weighted by molar-refractivity contribution is 6.29. The second kappa shape index (κ2) is 5.96. The van der Waals surface area contributed by atoms with Crippen molar-refractivity contribution in [2.45, 2.75) is 6.18 Å². The molecule has 1 aromatic heterocycles. The van der Waals surface area contributed by atoms with Crippen LogP contribution in [-0.4, -0.2) is 51.8 Å². The molecule has 0 aliphatic rings. The molecule has 0 saturated carbocycles. The van der Waals surface area contributed by atoms with Gasteiger partial charge in [-0.05, 0) is 0 Å². The first kappa shape index (κ1) is 14.7. The normalized spacial score (nSPS) is 11.4. The van der Waals surface area contributed by atoms with E-state index in [1.54, 1.807) is 0 Å². The van der Waals surface area contributed by atoms with E-state index >= 15 is 0 Å². The largest absolute Gasteiger partial charge is 0.406 e. The third kappa shape index (κ3) is 4.46. The van der Waals surface area contributed by atoms with E-state index in [9.17, 15) is 18.0 Å². The van der Waals surface area contributed by atoms with Gasteiger partial charge in [-0.1, -0.05) is 11.6 Å². The van der Waals surface area contributed by atoms with Crippen molar-refractivity contribution in [2.75, 3.05) is 19.7 Å². The second-order valence-corrected chi connectivity index (χ2v) is 3.68. The Kier molecular flexibility index (Phi) is 4.85. The minimum Gasteiger partial charge on any atom is -0.395 e. The van der Waals surface area contributed by atoms with Crippen LogP contribution in [0, 0.1) is 0 Å². The monoisotopic (exact) mass is 283 g/mol. The smallest absolute Gasteiger partial charge is 0.395 e. The van der Waals surface area contributed by atoms with Crippen molar-refractivity contribution in [1.82, 2.24) is 14.9 Å². The lowest BCUT2D eigenvalue weighted by atomic mass is 10.3. The third-order valence-electron chi connectivity index (χ3n) is 1.87. The molecule has 0 atom stereocenters. The number of aliphatic hydroxyl groups is 1. The molecule has 0 aliphatic heterocycles. The van der Waals surface area contributed by atoms with Crippen LogP contribution in [0.4, 0.5) is 13.2 Å². The highest BCUT2D eigenvalue weighted by atomic mass is 35.5. The Bertz CT molecular complexity index is 411. The zero-order chi connectivity index (χ0) is 13.8. The second-order valence-electron chi connectivity index (χ2n) is 3.29. The molecule has 18 heavy (non-hydrogen) atoms. The SMILES string of the molecule is O=C(c1cnc(Cl)cn1)N(CCO)CC(F)(F)F. The molecule has 0 fully saturated rings. The van der Waals surface area contributed by atoms with Gasteiger partial charge in [-0.15, -0.1) is 0 Å². The van der Waals surface area contributed by atoms with Crippen LogP contribution in [0.15, 0.2) is 12.4 Å². The highest BCUT2D eigenvalue weighted by Gasteiger charge is 2.33. The summed E-state index contributed by atoms with van der Waals surface area (Å²) >= 11 is 5.45. The van der Waals surface area contributed by atoms with Crippen molar-refractivity contribution >= 4 is 17.5 Å². The minimum atomic E-state index is -4.55. The summed E-state index contributed by atoms with van der Waals surface area (Å²) in [7, 11) is 0. The van der Waals surface area contributed by atoms with E-state index < -0.39 is 31.8 Å². The van der Waals surface area contributed by atoms with Gasteiger partial charge >= 0.3 is 6.18 Å². The number of hydrogen-bond donors (Lipinski definition) is 1. The summed E-state index contributed by atoms with van der Waals surface area (Å²) < 4.78 is 36.7. The van der Waals surface area contributed by atoms with Gasteiger partial charge in [-0.3, -0.25) is 4.79 Å². The van der Waals surface area contributed by atoms with Crippen LogP contribution in [-0.2, 0) is 0 Å². The molecule has 0 spiro atoms. The molecule has 0 aromatic carbocycles. The number of rotatable bonds is 4. The summed E-state index contributed by atoms with van der Waals surface area (Å²) in [6.45, 7) is -2.48. The van der Waals surface area contributed by atoms with Crippen molar-refractivity contribution < 1.29 is 23.1 Å². The first-order valence-electron chi connectivity index (χ1n) is 4.78. The molecule has 1 heterocycles. The zero-order valence-electron chi connectivity index (χ0n) is 8.98. The molecule has 0 bridgehead atoms. The van der Waals surface area contributed by atoms with Gasteiger partial charge < -0.3 is 10.0 Å². The van der Waals surface area contributed by atoms with Crippen molar-refractivity contribution in [2.24, 2.45) is 0 Å². The maximum atomic E-state index is 12.2. The van der Waals surface area contributed by atoms with E-state index in [1.165, 1.54) is 0 Å². The lowest BCUT2D eigenvalue weighted by Crippen LogP contribution is -2.41. The maximum absolute atomic E-state index is 12.2. The average Bonchev–Trinajstić information content (AvgIpc) is 2.27. The Labute approximate surface area is 105 Å². The summed E-state index contributed by atoms with van der Waals surface area (Å²) in [6, 6.07) is 0. The highest BCUT2D eigenvalue weighted by Crippen LogP contribution is 2.17. The number of carbonyl (C=O) groups is 1. The molecular formula is C9H9ClF3N3O2. The predicted molar refractivity (Wildman–Crippen MR) is 56.1 cm³/mol. The van der Waals surface area contributed by atoms with Gasteiger partial charge in [0.1, 0.15) is 17.4 Å². The summed E-state index contributed by atoms with van der Waals surface area (Å²) in [4.78, 5) is 19.3. The Morgan fingerprint density at radius 3 is 2.50 bits per heavy atom. The lowest BCUT2D eigenvalue weighted by molar-refractivity contribution is -0.141. The van der Waals surface area contributed by atoms with Crippen LogP contribution in [0.2, 0.25) is 5.15 Å². The maximum Gasteiger partial charge on any atom is 0.406 e. The van der Waals surface area contributed by atoms with Gasteiger partial charge in [0, 0.05) is 6.54 Å². The fourth-order valence-electron chi connectivity index (χ4n) is 1.17. The summed E-state index contributed by atoms with van der Waals surface area (Å²) in [6.07, 6.45) is -2.52. The topological polar surface area (TPSA) is 66.3 Å². The Balaban J connectivity index is 2.85. The number of amides is 1. The Morgan fingerprint density at radius 1 is 1.39 bits per heavy atom. The first-order chi connectivity index (χ1) is 8.33. The number of alkyl halides is 3. The average molecular weight is 284 g/mol. The van der Waals surface area contributed by atoms with Crippen molar-refractivity contribution in [3.8, 4) is 0 Å². The minimum absolute atomic E-state index is 0.0241. The zero-order valence-corrected chi connectivity index (χ0v) is 9.74. The van der Waals surface area contributed by atoms with E-state index in [2.05, 4.69) is 9.97 Å². The van der Waals surface area contributed by atoms with Gasteiger partial charge in [0.15, 0.2) is 0 Å². The first-order valence-corrected chi connectivity index (χ1v) is 5.15. The molecule has 1 amide bonds. The quantitative estimate of drug-likeness (QED) is 0.899. The molecule has 0 aliphatic carbocycles. The molecule has 0 radical (unpaired) electrons. The lowest BCUT2D eigenvalue weighted by Gasteiger charge is -2.22. The van der Waals surface area contributed by atoms with Crippen LogP contribution in [0.25, 0.3) is 0 Å². The van der Waals surface area contributed by atoms with Gasteiger partial charge in [0.25, 0.3) is 5.91 Å². The number of hydrogen-bond acceptors (Lipinski definition) is 4. The number of aliphatic hydroxyl groups excluding tert-OH is 1. The van der Waals surface area contributed by atoms with E-state index in [0.29, 0.717) is 4.90 Å². The van der Waals surface area contributed by atoms with E-state index in [0.717, 1.165) is 12.4 Å². The van der Waals surface area contributed by atoms with Crippen LogP contribution < -0.4 is 0 Å². The molecular weight excluding hydrogens is 275 g/mol. The summed E-state index contributed by atoms with van der Waals surface area (Å²) in [5.74, 6) is -0.967. The molecule has 9 heteroatoms. The van der Waals surface area contributed by atoms with Crippen LogP contribution in [0.5, 0.6) is 0 Å². The number of nitrogens with zero attached hydrogens (tertiary/aromatic N) is 3. The number of carbonyl (C=O) groups excluding carboxylic acids is 1. The molecule has 1 N–H and O–H groups in total. The number of aromatic nitrogens is 2. The van der Waals surface area contributed by atoms with Crippen molar-refractivity contribution in [3.05, 3.63) is 23.2 Å². The van der Waals surface area contributed by atoms with Crippen LogP contribution >= 0.6 is 11.6 Å². The molecule has 1 aromatic rings. The molecule has 5 nitrogen and oxygen atoms in total. The van der Waals surface area contributed by atoms with E-state index in [4.69, 9.17) is 16.7 Å². The predicted octanol–water partition coefficient (Wildman–Crippen LogP) is 1.13. The van der Waals surface area contributed by atoms with E-state index in [-0.39, 0.29) is 10.8 Å². The van der Waals surface area contributed by atoms with Gasteiger partial charge in [-0.25, -0.2) is 9.97 Å².